The maximum Gasteiger partial charge on any atom is 0.247 e. The number of anilines is 3. The number of benzene rings is 3. The highest BCUT2D eigenvalue weighted by Crippen LogP contribution is 2.38. The molecule has 0 aliphatic heterocycles. The summed E-state index contributed by atoms with van der Waals surface area (Å²) in [6.07, 6.45) is 2.65. The van der Waals surface area contributed by atoms with Crippen LogP contribution in [-0.2, 0) is 4.79 Å². The van der Waals surface area contributed by atoms with E-state index in [1.807, 2.05) is 55.4 Å². The lowest BCUT2D eigenvalue weighted by molar-refractivity contribution is -0.111. The number of nitrogens with zero attached hydrogens (tertiary/aromatic N) is 4. The summed E-state index contributed by atoms with van der Waals surface area (Å²) in [6, 6.07) is 17.6. The highest BCUT2D eigenvalue weighted by atomic mass is 16.5. The van der Waals surface area contributed by atoms with E-state index in [1.54, 1.807) is 19.2 Å². The van der Waals surface area contributed by atoms with Crippen LogP contribution in [0.15, 0.2) is 73.6 Å². The van der Waals surface area contributed by atoms with E-state index < -0.39 is 0 Å². The topological polar surface area (TPSA) is 102 Å². The highest BCUT2D eigenvalue weighted by Gasteiger charge is 2.15. The van der Waals surface area contributed by atoms with Crippen molar-refractivity contribution in [3.05, 3.63) is 73.6 Å². The maximum atomic E-state index is 12.1. The second-order valence-electron chi connectivity index (χ2n) is 8.21. The summed E-state index contributed by atoms with van der Waals surface area (Å²) in [5.41, 5.74) is 1.88. The minimum absolute atomic E-state index is 0.328. The van der Waals surface area contributed by atoms with Crippen LogP contribution in [0, 0.1) is 0 Å². The molecule has 0 spiro atoms. The first-order valence-corrected chi connectivity index (χ1v) is 11.3. The Balaban J connectivity index is 1.64. The zero-order valence-electron chi connectivity index (χ0n) is 20.5. The Labute approximate surface area is 209 Å². The van der Waals surface area contributed by atoms with Crippen LogP contribution in [0.3, 0.4) is 0 Å². The number of hydrogen-bond donors (Lipinski definition) is 2. The van der Waals surface area contributed by atoms with Crippen LogP contribution in [-0.4, -0.2) is 60.1 Å². The smallest absolute Gasteiger partial charge is 0.247 e. The van der Waals surface area contributed by atoms with Crippen LogP contribution < -0.4 is 20.1 Å². The van der Waals surface area contributed by atoms with Gasteiger partial charge >= 0.3 is 0 Å². The van der Waals surface area contributed by atoms with Crippen molar-refractivity contribution in [1.82, 2.24) is 19.9 Å². The minimum atomic E-state index is -0.359. The van der Waals surface area contributed by atoms with Gasteiger partial charge in [-0.05, 0) is 43.1 Å². The van der Waals surface area contributed by atoms with E-state index in [2.05, 4.69) is 38.2 Å². The van der Waals surface area contributed by atoms with E-state index in [4.69, 9.17) is 9.47 Å². The van der Waals surface area contributed by atoms with Gasteiger partial charge in [-0.15, -0.1) is 0 Å². The van der Waals surface area contributed by atoms with Crippen molar-refractivity contribution in [2.75, 3.05) is 45.0 Å². The molecule has 2 N–H and O–H groups in total. The fraction of sp³-hybridized carbons (Fsp3) is 0.185. The summed E-state index contributed by atoms with van der Waals surface area (Å²) < 4.78 is 11.5. The van der Waals surface area contributed by atoms with Gasteiger partial charge in [0.25, 0.3) is 0 Å². The number of carbonyl (C=O) groups is 1. The molecular formula is C27H28N6O3. The normalized spacial score (nSPS) is 10.8. The summed E-state index contributed by atoms with van der Waals surface area (Å²) >= 11 is 0. The number of fused-ring (bicyclic) bond motifs is 1. The SMILES string of the molecule is C=CC(=O)Nc1cc(Nc2ncnc(-c3ccc4ccccc4c3)n2)c(OC)cc1OCCN(C)C. The molecule has 0 saturated carbocycles. The first kappa shape index (κ1) is 24.6. The molecule has 36 heavy (non-hydrogen) atoms. The lowest BCUT2D eigenvalue weighted by atomic mass is 10.1. The summed E-state index contributed by atoms with van der Waals surface area (Å²) in [5.74, 6) is 1.47. The zero-order valence-corrected chi connectivity index (χ0v) is 20.5. The molecule has 0 saturated heterocycles. The molecule has 3 aromatic carbocycles. The third-order valence-corrected chi connectivity index (χ3v) is 5.37. The second kappa shape index (κ2) is 11.3. The summed E-state index contributed by atoms with van der Waals surface area (Å²) in [7, 11) is 5.47. The highest BCUT2D eigenvalue weighted by molar-refractivity contribution is 6.00. The number of amides is 1. The predicted molar refractivity (Wildman–Crippen MR) is 142 cm³/mol. The molecule has 0 fully saturated rings. The molecule has 0 bridgehead atoms. The summed E-state index contributed by atoms with van der Waals surface area (Å²) in [6.45, 7) is 4.67. The van der Waals surface area contributed by atoms with Crippen molar-refractivity contribution in [2.24, 2.45) is 0 Å². The van der Waals surface area contributed by atoms with Crippen molar-refractivity contribution < 1.29 is 14.3 Å². The predicted octanol–water partition coefficient (Wildman–Crippen LogP) is 4.51. The summed E-state index contributed by atoms with van der Waals surface area (Å²) in [4.78, 5) is 27.3. The van der Waals surface area contributed by atoms with Gasteiger partial charge in [0.05, 0.1) is 18.5 Å². The van der Waals surface area contributed by atoms with Crippen LogP contribution in [0.25, 0.3) is 22.2 Å². The van der Waals surface area contributed by atoms with Gasteiger partial charge in [0.15, 0.2) is 5.82 Å². The minimum Gasteiger partial charge on any atom is -0.494 e. The van der Waals surface area contributed by atoms with Crippen molar-refractivity contribution >= 4 is 34.0 Å². The number of carbonyl (C=O) groups excluding carboxylic acids is 1. The molecule has 0 aliphatic carbocycles. The quantitative estimate of drug-likeness (QED) is 0.317. The number of likely N-dealkylation sites (N-methyl/N-ethyl adjacent to an activating group) is 1. The van der Waals surface area contributed by atoms with Crippen molar-refractivity contribution in [1.29, 1.82) is 0 Å². The fourth-order valence-electron chi connectivity index (χ4n) is 3.51. The number of rotatable bonds is 10. The molecule has 9 nitrogen and oxygen atoms in total. The van der Waals surface area contributed by atoms with Crippen molar-refractivity contribution in [2.45, 2.75) is 0 Å². The molecule has 0 radical (unpaired) electrons. The van der Waals surface area contributed by atoms with Crippen LogP contribution >= 0.6 is 0 Å². The zero-order chi connectivity index (χ0) is 25.5. The van der Waals surface area contributed by atoms with E-state index in [9.17, 15) is 4.79 Å². The molecule has 4 rings (SSSR count). The Morgan fingerprint density at radius 3 is 2.58 bits per heavy atom. The first-order chi connectivity index (χ1) is 17.5. The Bertz CT molecular complexity index is 1390. The fourth-order valence-corrected chi connectivity index (χ4v) is 3.51. The van der Waals surface area contributed by atoms with Gasteiger partial charge < -0.3 is 25.0 Å². The van der Waals surface area contributed by atoms with Crippen molar-refractivity contribution in [3.8, 4) is 22.9 Å². The Kier molecular flexibility index (Phi) is 7.72. The van der Waals surface area contributed by atoms with Gasteiger partial charge in [-0.2, -0.15) is 4.98 Å². The Hall–Kier alpha value is -4.50. The van der Waals surface area contributed by atoms with Crippen LogP contribution in [0.5, 0.6) is 11.5 Å². The summed E-state index contributed by atoms with van der Waals surface area (Å²) in [5, 5.41) is 8.20. The lowest BCUT2D eigenvalue weighted by Crippen LogP contribution is -2.20. The second-order valence-corrected chi connectivity index (χ2v) is 8.21. The van der Waals surface area contributed by atoms with E-state index in [-0.39, 0.29) is 5.91 Å². The monoisotopic (exact) mass is 484 g/mol. The molecule has 1 amide bonds. The first-order valence-electron chi connectivity index (χ1n) is 11.3. The molecule has 0 unspecified atom stereocenters. The molecule has 1 heterocycles. The van der Waals surface area contributed by atoms with Gasteiger partial charge in [0.1, 0.15) is 24.4 Å². The number of aromatic nitrogens is 3. The van der Waals surface area contributed by atoms with Gasteiger partial charge in [0, 0.05) is 18.2 Å². The average molecular weight is 485 g/mol. The van der Waals surface area contributed by atoms with Gasteiger partial charge in [-0.3, -0.25) is 4.79 Å². The third-order valence-electron chi connectivity index (χ3n) is 5.37. The molecular weight excluding hydrogens is 456 g/mol. The van der Waals surface area contributed by atoms with Crippen LogP contribution in [0.1, 0.15) is 0 Å². The van der Waals surface area contributed by atoms with Gasteiger partial charge in [-0.1, -0.05) is 43.0 Å². The lowest BCUT2D eigenvalue weighted by Gasteiger charge is -2.18. The van der Waals surface area contributed by atoms with Gasteiger partial charge in [-0.25, -0.2) is 9.97 Å². The molecule has 0 atom stereocenters. The van der Waals surface area contributed by atoms with E-state index in [0.717, 1.165) is 16.3 Å². The van der Waals surface area contributed by atoms with Crippen LogP contribution in [0.4, 0.5) is 17.3 Å². The van der Waals surface area contributed by atoms with E-state index in [1.165, 1.54) is 12.4 Å². The molecule has 4 aromatic rings. The third kappa shape index (κ3) is 5.94. The largest absolute Gasteiger partial charge is 0.494 e. The van der Waals surface area contributed by atoms with Crippen molar-refractivity contribution in [3.63, 3.8) is 0 Å². The number of nitrogens with one attached hydrogen (secondary N) is 2. The molecule has 1 aromatic heterocycles. The number of ether oxygens (including phenoxy) is 2. The standard InChI is InChI=1S/C27H28N6O3/c1-5-25(34)30-22-15-21(23(35-4)16-24(22)36-13-12-33(2)3)31-27-29-17-28-26(32-27)20-11-10-18-8-6-7-9-19(18)14-20/h5-11,14-17H,1,12-13H2,2-4H3,(H,30,34)(H,28,29,31,32). The van der Waals surface area contributed by atoms with E-state index in [0.29, 0.717) is 47.8 Å². The molecule has 9 heteroatoms. The van der Waals surface area contributed by atoms with Gasteiger partial charge in [0.2, 0.25) is 11.9 Å². The average Bonchev–Trinajstić information content (AvgIpc) is 2.89. The molecule has 184 valence electrons. The Morgan fingerprint density at radius 1 is 1.03 bits per heavy atom. The Morgan fingerprint density at radius 2 is 1.83 bits per heavy atom. The maximum absolute atomic E-state index is 12.1. The molecule has 0 aliphatic rings. The number of hydrogen-bond acceptors (Lipinski definition) is 8. The van der Waals surface area contributed by atoms with E-state index >= 15 is 0 Å². The van der Waals surface area contributed by atoms with Crippen LogP contribution in [0.2, 0.25) is 0 Å². The number of methoxy groups -OCH3 is 1.